The van der Waals surface area contributed by atoms with Crippen LogP contribution in [0.5, 0.6) is 0 Å². The summed E-state index contributed by atoms with van der Waals surface area (Å²) in [6, 6.07) is 15.3. The third-order valence-corrected chi connectivity index (χ3v) is 5.39. The highest BCUT2D eigenvalue weighted by Gasteiger charge is 2.07. The van der Waals surface area contributed by atoms with E-state index in [9.17, 15) is 0 Å². The highest BCUT2D eigenvalue weighted by atomic mass is 15.2. The summed E-state index contributed by atoms with van der Waals surface area (Å²) >= 11 is 0. The molecule has 4 nitrogen and oxygen atoms in total. The van der Waals surface area contributed by atoms with Crippen LogP contribution in [0.4, 0.5) is 0 Å². The quantitative estimate of drug-likeness (QED) is 0.504. The average Bonchev–Trinajstić information content (AvgIpc) is 2.72. The summed E-state index contributed by atoms with van der Waals surface area (Å²) in [6.45, 7) is 10.4. The molecule has 1 aliphatic rings. The van der Waals surface area contributed by atoms with Crippen molar-refractivity contribution in [2.75, 3.05) is 52.4 Å². The number of benzene rings is 2. The maximum Gasteiger partial charge on any atom is 0.0205 e. The van der Waals surface area contributed by atoms with Crippen LogP contribution < -0.4 is 16.0 Å². The van der Waals surface area contributed by atoms with Gasteiger partial charge in [0.05, 0.1) is 0 Å². The van der Waals surface area contributed by atoms with Gasteiger partial charge in [-0.1, -0.05) is 36.4 Å². The van der Waals surface area contributed by atoms with Gasteiger partial charge < -0.3 is 20.9 Å². The highest BCUT2D eigenvalue weighted by Crippen LogP contribution is 2.15. The van der Waals surface area contributed by atoms with E-state index in [1.165, 1.54) is 61.7 Å². The van der Waals surface area contributed by atoms with E-state index in [0.29, 0.717) is 0 Å². The van der Waals surface area contributed by atoms with Crippen LogP contribution in [0.3, 0.4) is 0 Å². The highest BCUT2D eigenvalue weighted by molar-refractivity contribution is 5.82. The Morgan fingerprint density at radius 2 is 1.48 bits per heavy atom. The van der Waals surface area contributed by atoms with Gasteiger partial charge in [0, 0.05) is 32.7 Å². The van der Waals surface area contributed by atoms with Crippen LogP contribution in [0, 0.1) is 0 Å². The molecule has 1 saturated heterocycles. The first-order chi connectivity index (χ1) is 13.4. The van der Waals surface area contributed by atoms with E-state index in [4.69, 9.17) is 0 Å². The Hall–Kier alpha value is -1.46. The van der Waals surface area contributed by atoms with Crippen molar-refractivity contribution in [3.63, 3.8) is 0 Å². The van der Waals surface area contributed by atoms with Crippen LogP contribution in [-0.2, 0) is 6.54 Å². The minimum atomic E-state index is 0.963. The molecule has 0 aromatic heterocycles. The molecule has 0 aliphatic carbocycles. The van der Waals surface area contributed by atoms with Crippen LogP contribution in [0.1, 0.15) is 31.2 Å². The van der Waals surface area contributed by atoms with Gasteiger partial charge in [0.2, 0.25) is 0 Å². The molecule has 3 N–H and O–H groups in total. The van der Waals surface area contributed by atoms with Gasteiger partial charge in [-0.3, -0.25) is 0 Å². The lowest BCUT2D eigenvalue weighted by Gasteiger charge is -2.27. The van der Waals surface area contributed by atoms with Gasteiger partial charge in [-0.05, 0) is 74.3 Å². The number of hydrogen-bond donors (Lipinski definition) is 3. The first kappa shape index (κ1) is 20.3. The van der Waals surface area contributed by atoms with Crippen molar-refractivity contribution >= 4 is 10.8 Å². The summed E-state index contributed by atoms with van der Waals surface area (Å²) in [4.78, 5) is 2.58. The minimum Gasteiger partial charge on any atom is -0.317 e. The van der Waals surface area contributed by atoms with Crippen molar-refractivity contribution in [2.45, 2.75) is 32.2 Å². The number of fused-ring (bicyclic) bond motifs is 1. The molecule has 4 heteroatoms. The summed E-state index contributed by atoms with van der Waals surface area (Å²) < 4.78 is 0. The van der Waals surface area contributed by atoms with E-state index in [1.54, 1.807) is 0 Å². The zero-order chi connectivity index (χ0) is 18.6. The Kier molecular flexibility index (Phi) is 9.08. The third-order valence-electron chi connectivity index (χ3n) is 5.39. The van der Waals surface area contributed by atoms with E-state index in [1.807, 2.05) is 0 Å². The molecule has 0 bridgehead atoms. The predicted octanol–water partition coefficient (Wildman–Crippen LogP) is 2.98. The van der Waals surface area contributed by atoms with Gasteiger partial charge >= 0.3 is 0 Å². The van der Waals surface area contributed by atoms with Crippen LogP contribution in [0.25, 0.3) is 10.8 Å². The second-order valence-corrected chi connectivity index (χ2v) is 7.61. The standard InChI is InChI=1S/C23H36N4/c1-2-8-23-19-21(9-10-22(23)7-1)20-26-13-4-3-11-24-12-5-6-16-27-17-14-25-15-18-27/h1-2,7-10,19,24-26H,3-6,11-18,20H2. The zero-order valence-electron chi connectivity index (χ0n) is 16.7. The fourth-order valence-corrected chi connectivity index (χ4v) is 3.73. The molecular formula is C23H36N4. The molecule has 2 aromatic rings. The summed E-state index contributed by atoms with van der Waals surface area (Å²) in [6.07, 6.45) is 5.11. The smallest absolute Gasteiger partial charge is 0.0205 e. The number of unbranched alkanes of at least 4 members (excludes halogenated alkanes) is 2. The number of piperazine rings is 1. The second-order valence-electron chi connectivity index (χ2n) is 7.61. The fourth-order valence-electron chi connectivity index (χ4n) is 3.73. The zero-order valence-corrected chi connectivity index (χ0v) is 16.7. The van der Waals surface area contributed by atoms with Crippen LogP contribution in [0.2, 0.25) is 0 Å². The summed E-state index contributed by atoms with van der Waals surface area (Å²) in [5, 5.41) is 13.2. The van der Waals surface area contributed by atoms with Crippen LogP contribution in [0.15, 0.2) is 42.5 Å². The molecule has 0 spiro atoms. The van der Waals surface area contributed by atoms with E-state index >= 15 is 0 Å². The maximum absolute atomic E-state index is 3.59. The normalized spacial score (nSPS) is 15.4. The third kappa shape index (κ3) is 7.59. The molecule has 3 rings (SSSR count). The number of rotatable bonds is 12. The van der Waals surface area contributed by atoms with Crippen LogP contribution >= 0.6 is 0 Å². The van der Waals surface area contributed by atoms with Gasteiger partial charge in [-0.15, -0.1) is 0 Å². The Morgan fingerprint density at radius 1 is 0.778 bits per heavy atom. The summed E-state index contributed by atoms with van der Waals surface area (Å²) in [5.74, 6) is 0. The largest absolute Gasteiger partial charge is 0.317 e. The Bertz CT molecular complexity index is 652. The lowest BCUT2D eigenvalue weighted by molar-refractivity contribution is 0.236. The van der Waals surface area contributed by atoms with Crippen molar-refractivity contribution in [3.05, 3.63) is 48.0 Å². The lowest BCUT2D eigenvalue weighted by atomic mass is 10.1. The first-order valence-corrected chi connectivity index (χ1v) is 10.7. The summed E-state index contributed by atoms with van der Waals surface area (Å²) in [7, 11) is 0. The number of nitrogens with one attached hydrogen (secondary N) is 3. The van der Waals surface area contributed by atoms with Gasteiger partial charge in [-0.2, -0.15) is 0 Å². The molecule has 0 unspecified atom stereocenters. The molecule has 0 atom stereocenters. The molecule has 2 aromatic carbocycles. The van der Waals surface area contributed by atoms with Crippen molar-refractivity contribution < 1.29 is 0 Å². The van der Waals surface area contributed by atoms with E-state index < -0.39 is 0 Å². The van der Waals surface area contributed by atoms with Gasteiger partial charge in [-0.25, -0.2) is 0 Å². The molecule has 1 aliphatic heterocycles. The van der Waals surface area contributed by atoms with Crippen molar-refractivity contribution in [2.24, 2.45) is 0 Å². The Balaban J connectivity index is 1.14. The molecule has 1 fully saturated rings. The van der Waals surface area contributed by atoms with Crippen molar-refractivity contribution in [1.29, 1.82) is 0 Å². The molecule has 0 amide bonds. The van der Waals surface area contributed by atoms with Crippen LogP contribution in [-0.4, -0.2) is 57.3 Å². The lowest BCUT2D eigenvalue weighted by Crippen LogP contribution is -2.43. The molecule has 148 valence electrons. The first-order valence-electron chi connectivity index (χ1n) is 10.7. The number of nitrogens with zero attached hydrogens (tertiary/aromatic N) is 1. The molecule has 0 saturated carbocycles. The SMILES string of the molecule is c1ccc2cc(CNCCCCNCCCCN3CCNCC3)ccc2c1. The minimum absolute atomic E-state index is 0.963. The Labute approximate surface area is 164 Å². The molecule has 1 heterocycles. The monoisotopic (exact) mass is 368 g/mol. The van der Waals surface area contributed by atoms with E-state index in [2.05, 4.69) is 63.3 Å². The number of hydrogen-bond acceptors (Lipinski definition) is 4. The maximum atomic E-state index is 3.59. The van der Waals surface area contributed by atoms with Gasteiger partial charge in [0.25, 0.3) is 0 Å². The molecule has 27 heavy (non-hydrogen) atoms. The Morgan fingerprint density at radius 3 is 2.30 bits per heavy atom. The van der Waals surface area contributed by atoms with Crippen molar-refractivity contribution in [3.8, 4) is 0 Å². The summed E-state index contributed by atoms with van der Waals surface area (Å²) in [5.41, 5.74) is 1.37. The molecule has 0 radical (unpaired) electrons. The molecular weight excluding hydrogens is 332 g/mol. The van der Waals surface area contributed by atoms with Gasteiger partial charge in [0.15, 0.2) is 0 Å². The van der Waals surface area contributed by atoms with E-state index in [-0.39, 0.29) is 0 Å². The van der Waals surface area contributed by atoms with Crippen molar-refractivity contribution in [1.82, 2.24) is 20.9 Å². The average molecular weight is 369 g/mol. The van der Waals surface area contributed by atoms with E-state index in [0.717, 1.165) is 39.3 Å². The topological polar surface area (TPSA) is 39.3 Å². The van der Waals surface area contributed by atoms with Gasteiger partial charge in [0.1, 0.15) is 0 Å². The second kappa shape index (κ2) is 12.1. The predicted molar refractivity (Wildman–Crippen MR) is 116 cm³/mol. The fraction of sp³-hybridized carbons (Fsp3) is 0.565.